The van der Waals surface area contributed by atoms with Gasteiger partial charge in [0.2, 0.25) is 5.91 Å². The summed E-state index contributed by atoms with van der Waals surface area (Å²) in [5.74, 6) is -1.14. The Morgan fingerprint density at radius 3 is 2.03 bits per heavy atom. The predicted molar refractivity (Wildman–Crippen MR) is 121 cm³/mol. The summed E-state index contributed by atoms with van der Waals surface area (Å²) in [6, 6.07) is 9.26. The molecule has 1 rings (SSSR count). The fourth-order valence-electron chi connectivity index (χ4n) is 3.10. The van der Waals surface area contributed by atoms with Gasteiger partial charge in [-0.05, 0) is 60.5 Å². The first kappa shape index (κ1) is 26.5. The predicted octanol–water partition coefficient (Wildman–Crippen LogP) is 3.95. The minimum Gasteiger partial charge on any atom is -0.460 e. The van der Waals surface area contributed by atoms with Crippen molar-refractivity contribution in [2.45, 2.75) is 78.6 Å². The summed E-state index contributed by atoms with van der Waals surface area (Å²) in [6.45, 7) is 12.9. The van der Waals surface area contributed by atoms with Crippen molar-refractivity contribution in [3.05, 3.63) is 35.9 Å². The van der Waals surface area contributed by atoms with Crippen molar-refractivity contribution in [3.8, 4) is 0 Å². The minimum atomic E-state index is -0.616. The smallest absolute Gasteiger partial charge is 0.407 e. The lowest BCUT2D eigenvalue weighted by molar-refractivity contribution is -0.158. The van der Waals surface area contributed by atoms with Crippen LogP contribution >= 0.6 is 0 Å². The molecule has 0 saturated carbocycles. The van der Waals surface area contributed by atoms with E-state index in [1.54, 1.807) is 60.4 Å². The number of hydrogen-bond donors (Lipinski definition) is 1. The molecule has 1 aromatic carbocycles. The van der Waals surface area contributed by atoms with Crippen molar-refractivity contribution in [2.75, 3.05) is 13.6 Å². The molecule has 174 valence electrons. The average Bonchev–Trinajstić information content (AvgIpc) is 2.57. The Bertz CT molecular complexity index is 735. The fourth-order valence-corrected chi connectivity index (χ4v) is 3.10. The molecule has 0 radical (unpaired) electrons. The number of amides is 2. The van der Waals surface area contributed by atoms with Crippen LogP contribution in [0.2, 0.25) is 0 Å². The van der Waals surface area contributed by atoms with Gasteiger partial charge < -0.3 is 19.7 Å². The molecule has 2 atom stereocenters. The standard InChI is InChI=1S/C24H38N2O5/c1-17(25-22(29)31-24(5,6)7)16-26(8)21(28)19(14-18-12-10-9-11-13-18)15-20(27)30-23(2,3)4/h9-13,17,19H,14-16H2,1-8H3,(H,25,29)/t17-,19+/m0/s1. The van der Waals surface area contributed by atoms with Gasteiger partial charge in [0.15, 0.2) is 0 Å². The number of benzene rings is 1. The van der Waals surface area contributed by atoms with Gasteiger partial charge in [0.25, 0.3) is 0 Å². The van der Waals surface area contributed by atoms with Gasteiger partial charge >= 0.3 is 12.1 Å². The second-order valence-electron chi connectivity index (χ2n) is 9.94. The maximum absolute atomic E-state index is 13.2. The number of alkyl carbamates (subject to hydrolysis) is 1. The van der Waals surface area contributed by atoms with E-state index in [4.69, 9.17) is 9.47 Å². The Balaban J connectivity index is 2.82. The van der Waals surface area contributed by atoms with Crippen molar-refractivity contribution in [1.29, 1.82) is 0 Å². The van der Waals surface area contributed by atoms with E-state index in [2.05, 4.69) is 5.32 Å². The molecule has 0 fully saturated rings. The third-order valence-corrected chi connectivity index (χ3v) is 4.19. The van der Waals surface area contributed by atoms with Crippen molar-refractivity contribution >= 4 is 18.0 Å². The van der Waals surface area contributed by atoms with Crippen molar-refractivity contribution < 1.29 is 23.9 Å². The molecule has 0 heterocycles. The highest BCUT2D eigenvalue weighted by atomic mass is 16.6. The maximum Gasteiger partial charge on any atom is 0.407 e. The molecule has 0 aliphatic carbocycles. The second-order valence-corrected chi connectivity index (χ2v) is 9.94. The van der Waals surface area contributed by atoms with Crippen molar-refractivity contribution in [2.24, 2.45) is 5.92 Å². The number of hydrogen-bond acceptors (Lipinski definition) is 5. The second kappa shape index (κ2) is 11.2. The summed E-state index contributed by atoms with van der Waals surface area (Å²) >= 11 is 0. The number of carbonyl (C=O) groups is 3. The van der Waals surface area contributed by atoms with E-state index in [9.17, 15) is 14.4 Å². The summed E-state index contributed by atoms with van der Waals surface area (Å²) in [7, 11) is 1.67. The van der Waals surface area contributed by atoms with Gasteiger partial charge in [-0.2, -0.15) is 0 Å². The van der Waals surface area contributed by atoms with Gasteiger partial charge in [0.05, 0.1) is 12.3 Å². The summed E-state index contributed by atoms with van der Waals surface area (Å²) in [6.07, 6.45) is -0.115. The molecule has 0 unspecified atom stereocenters. The molecule has 1 aromatic rings. The van der Waals surface area contributed by atoms with E-state index in [1.807, 2.05) is 30.3 Å². The van der Waals surface area contributed by atoms with Crippen LogP contribution in [0.5, 0.6) is 0 Å². The number of nitrogens with zero attached hydrogens (tertiary/aromatic N) is 1. The van der Waals surface area contributed by atoms with Crippen LogP contribution in [-0.4, -0.2) is 53.7 Å². The third-order valence-electron chi connectivity index (χ3n) is 4.19. The monoisotopic (exact) mass is 434 g/mol. The quantitative estimate of drug-likeness (QED) is 0.626. The molecular weight excluding hydrogens is 396 g/mol. The molecule has 0 aliphatic heterocycles. The minimum absolute atomic E-state index is 0.0107. The lowest BCUT2D eigenvalue weighted by Crippen LogP contribution is -2.46. The molecule has 0 spiro atoms. The first-order valence-corrected chi connectivity index (χ1v) is 10.7. The normalized spacial score (nSPS) is 13.7. The Morgan fingerprint density at radius 1 is 0.968 bits per heavy atom. The highest BCUT2D eigenvalue weighted by Crippen LogP contribution is 2.19. The van der Waals surface area contributed by atoms with Gasteiger partial charge in [0.1, 0.15) is 11.2 Å². The molecule has 0 bridgehead atoms. The summed E-state index contributed by atoms with van der Waals surface area (Å²) < 4.78 is 10.7. The van der Waals surface area contributed by atoms with E-state index in [0.717, 1.165) is 5.56 Å². The maximum atomic E-state index is 13.2. The zero-order chi connectivity index (χ0) is 23.8. The Hall–Kier alpha value is -2.57. The number of esters is 1. The van der Waals surface area contributed by atoms with E-state index < -0.39 is 29.2 Å². The zero-order valence-corrected chi connectivity index (χ0v) is 20.2. The van der Waals surface area contributed by atoms with E-state index in [-0.39, 0.29) is 24.9 Å². The van der Waals surface area contributed by atoms with Crippen LogP contribution in [0.1, 0.15) is 60.5 Å². The summed E-state index contributed by atoms with van der Waals surface area (Å²) in [4.78, 5) is 39.1. The molecule has 7 heteroatoms. The lowest BCUT2D eigenvalue weighted by Gasteiger charge is -2.28. The Labute approximate surface area is 186 Å². The topological polar surface area (TPSA) is 84.9 Å². The molecule has 0 aromatic heterocycles. The van der Waals surface area contributed by atoms with Crippen LogP contribution in [0.4, 0.5) is 4.79 Å². The third kappa shape index (κ3) is 11.4. The number of rotatable bonds is 8. The summed E-state index contributed by atoms with van der Waals surface area (Å²) in [5, 5.41) is 2.74. The average molecular weight is 435 g/mol. The van der Waals surface area contributed by atoms with Crippen LogP contribution in [0.3, 0.4) is 0 Å². The molecule has 7 nitrogen and oxygen atoms in total. The largest absolute Gasteiger partial charge is 0.460 e. The number of likely N-dealkylation sites (N-methyl/N-ethyl adjacent to an activating group) is 1. The SMILES string of the molecule is C[C@@H](CN(C)C(=O)[C@@H](CC(=O)OC(C)(C)C)Cc1ccccc1)NC(=O)OC(C)(C)C. The van der Waals surface area contributed by atoms with Gasteiger partial charge in [-0.1, -0.05) is 30.3 Å². The van der Waals surface area contributed by atoms with Gasteiger partial charge in [-0.3, -0.25) is 9.59 Å². The van der Waals surface area contributed by atoms with Gasteiger partial charge in [-0.15, -0.1) is 0 Å². The first-order valence-electron chi connectivity index (χ1n) is 10.7. The van der Waals surface area contributed by atoms with Crippen LogP contribution in [0.15, 0.2) is 30.3 Å². The molecule has 2 amide bonds. The fraction of sp³-hybridized carbons (Fsp3) is 0.625. The Morgan fingerprint density at radius 2 is 1.52 bits per heavy atom. The Kier molecular flexibility index (Phi) is 9.53. The van der Waals surface area contributed by atoms with E-state index in [0.29, 0.717) is 6.42 Å². The van der Waals surface area contributed by atoms with E-state index in [1.165, 1.54) is 0 Å². The van der Waals surface area contributed by atoms with Crippen LogP contribution < -0.4 is 5.32 Å². The molecular formula is C24H38N2O5. The summed E-state index contributed by atoms with van der Waals surface area (Å²) in [5.41, 5.74) is -0.243. The van der Waals surface area contributed by atoms with Gasteiger partial charge in [-0.25, -0.2) is 4.79 Å². The highest BCUT2D eigenvalue weighted by Gasteiger charge is 2.29. The van der Waals surface area contributed by atoms with Crippen molar-refractivity contribution in [3.63, 3.8) is 0 Å². The number of ether oxygens (including phenoxy) is 2. The molecule has 0 saturated heterocycles. The highest BCUT2D eigenvalue weighted by molar-refractivity contribution is 5.84. The number of carbonyl (C=O) groups excluding carboxylic acids is 3. The molecule has 31 heavy (non-hydrogen) atoms. The van der Waals surface area contributed by atoms with Crippen LogP contribution in [-0.2, 0) is 25.5 Å². The van der Waals surface area contributed by atoms with Crippen molar-refractivity contribution in [1.82, 2.24) is 10.2 Å². The first-order chi connectivity index (χ1) is 14.2. The van der Waals surface area contributed by atoms with Gasteiger partial charge in [0, 0.05) is 19.6 Å². The molecule has 1 N–H and O–H groups in total. The van der Waals surface area contributed by atoms with Crippen LogP contribution in [0, 0.1) is 5.92 Å². The molecule has 0 aliphatic rings. The van der Waals surface area contributed by atoms with E-state index >= 15 is 0 Å². The zero-order valence-electron chi connectivity index (χ0n) is 20.2. The van der Waals surface area contributed by atoms with Crippen LogP contribution in [0.25, 0.3) is 0 Å². The lowest BCUT2D eigenvalue weighted by atomic mass is 9.94. The number of nitrogens with one attached hydrogen (secondary N) is 1.